The summed E-state index contributed by atoms with van der Waals surface area (Å²) in [5, 5.41) is 2.72. The van der Waals surface area contributed by atoms with Crippen LogP contribution in [-0.4, -0.2) is 10.5 Å². The predicted molar refractivity (Wildman–Crippen MR) is 83.3 cm³/mol. The van der Waals surface area contributed by atoms with Gasteiger partial charge in [-0.05, 0) is 42.5 Å². The zero-order valence-corrected chi connectivity index (χ0v) is 11.9. The van der Waals surface area contributed by atoms with Crippen molar-refractivity contribution in [3.8, 4) is 5.69 Å². The number of benzene rings is 2. The molecule has 22 heavy (non-hydrogen) atoms. The second kappa shape index (κ2) is 6.26. The summed E-state index contributed by atoms with van der Waals surface area (Å²) in [5.41, 5.74) is 2.00. The lowest BCUT2D eigenvalue weighted by Crippen LogP contribution is -2.23. The van der Waals surface area contributed by atoms with Crippen LogP contribution in [0.15, 0.2) is 73.1 Å². The number of aromatic nitrogens is 1. The number of hydrogen-bond donors (Lipinski definition) is 1. The van der Waals surface area contributed by atoms with Gasteiger partial charge in [-0.25, -0.2) is 4.39 Å². The number of halogens is 1. The van der Waals surface area contributed by atoms with Crippen LogP contribution in [0.2, 0.25) is 0 Å². The number of carbonyl (C=O) groups is 1. The molecule has 0 aliphatic rings. The molecule has 0 fully saturated rings. The molecule has 1 heterocycles. The van der Waals surface area contributed by atoms with Gasteiger partial charge in [0.05, 0.1) is 0 Å². The molecule has 0 saturated carbocycles. The van der Waals surface area contributed by atoms with Crippen LogP contribution in [0.4, 0.5) is 4.39 Å². The molecule has 2 aromatic carbocycles. The fourth-order valence-electron chi connectivity index (χ4n) is 2.21. The highest BCUT2D eigenvalue weighted by atomic mass is 19.1. The number of rotatable bonds is 4. The van der Waals surface area contributed by atoms with Crippen molar-refractivity contribution < 1.29 is 9.18 Å². The fraction of sp³-hybridized carbons (Fsp3) is 0.0556. The molecule has 1 aromatic heterocycles. The van der Waals surface area contributed by atoms with Crippen molar-refractivity contribution in [3.63, 3.8) is 0 Å². The van der Waals surface area contributed by atoms with E-state index in [9.17, 15) is 9.18 Å². The first-order valence-corrected chi connectivity index (χ1v) is 6.99. The lowest BCUT2D eigenvalue weighted by Gasteiger charge is -2.07. The third kappa shape index (κ3) is 3.06. The predicted octanol–water partition coefficient (Wildman–Crippen LogP) is 3.55. The van der Waals surface area contributed by atoms with Crippen molar-refractivity contribution in [2.45, 2.75) is 6.54 Å². The van der Waals surface area contributed by atoms with Gasteiger partial charge in [-0.2, -0.15) is 0 Å². The van der Waals surface area contributed by atoms with Crippen LogP contribution in [0.25, 0.3) is 5.69 Å². The maximum absolute atomic E-state index is 13.5. The van der Waals surface area contributed by atoms with E-state index >= 15 is 0 Å². The van der Waals surface area contributed by atoms with Crippen molar-refractivity contribution in [2.24, 2.45) is 0 Å². The SMILES string of the molecule is O=C(NCc1ccccc1F)c1ccc(-n2cccc2)cc1. The normalized spacial score (nSPS) is 10.4. The van der Waals surface area contributed by atoms with Crippen LogP contribution in [0, 0.1) is 5.82 Å². The summed E-state index contributed by atoms with van der Waals surface area (Å²) >= 11 is 0. The molecule has 0 atom stereocenters. The monoisotopic (exact) mass is 294 g/mol. The Morgan fingerprint density at radius 2 is 1.64 bits per heavy atom. The zero-order chi connectivity index (χ0) is 15.4. The smallest absolute Gasteiger partial charge is 0.251 e. The molecule has 1 amide bonds. The lowest BCUT2D eigenvalue weighted by atomic mass is 10.1. The molecular formula is C18H15FN2O. The van der Waals surface area contributed by atoms with Crippen LogP contribution < -0.4 is 5.32 Å². The van der Waals surface area contributed by atoms with E-state index in [1.165, 1.54) is 6.07 Å². The molecule has 3 aromatic rings. The van der Waals surface area contributed by atoms with Crippen LogP contribution in [-0.2, 0) is 6.54 Å². The third-order valence-electron chi connectivity index (χ3n) is 3.43. The standard InChI is InChI=1S/C18H15FN2O/c19-17-6-2-1-5-15(17)13-20-18(22)14-7-9-16(10-8-14)21-11-3-4-12-21/h1-12H,13H2,(H,20,22). The molecule has 4 heteroatoms. The first kappa shape index (κ1) is 14.1. The average Bonchev–Trinajstić information content (AvgIpc) is 3.08. The molecule has 0 unspecified atom stereocenters. The van der Waals surface area contributed by atoms with E-state index in [2.05, 4.69) is 5.32 Å². The van der Waals surface area contributed by atoms with Gasteiger partial charge in [0.1, 0.15) is 5.82 Å². The first-order valence-electron chi connectivity index (χ1n) is 6.99. The largest absolute Gasteiger partial charge is 0.348 e. The number of hydrogen-bond acceptors (Lipinski definition) is 1. The summed E-state index contributed by atoms with van der Waals surface area (Å²) in [6.45, 7) is 0.171. The molecule has 0 aliphatic carbocycles. The maximum Gasteiger partial charge on any atom is 0.251 e. The van der Waals surface area contributed by atoms with Gasteiger partial charge in [-0.3, -0.25) is 4.79 Å². The molecule has 0 saturated heterocycles. The van der Waals surface area contributed by atoms with Gasteiger partial charge < -0.3 is 9.88 Å². The summed E-state index contributed by atoms with van der Waals surface area (Å²) < 4.78 is 15.5. The van der Waals surface area contributed by atoms with Crippen molar-refractivity contribution in [3.05, 3.63) is 90.0 Å². The van der Waals surface area contributed by atoms with Crippen molar-refractivity contribution in [1.82, 2.24) is 9.88 Å². The summed E-state index contributed by atoms with van der Waals surface area (Å²) in [4.78, 5) is 12.1. The Hall–Kier alpha value is -2.88. The van der Waals surface area contributed by atoms with E-state index in [4.69, 9.17) is 0 Å². The minimum atomic E-state index is -0.314. The third-order valence-corrected chi connectivity index (χ3v) is 3.43. The Morgan fingerprint density at radius 1 is 0.955 bits per heavy atom. The van der Waals surface area contributed by atoms with Crippen molar-refractivity contribution in [1.29, 1.82) is 0 Å². The Morgan fingerprint density at radius 3 is 2.32 bits per heavy atom. The van der Waals surface area contributed by atoms with Crippen molar-refractivity contribution >= 4 is 5.91 Å². The van der Waals surface area contributed by atoms with Gasteiger partial charge in [-0.1, -0.05) is 18.2 Å². The number of amides is 1. The van der Waals surface area contributed by atoms with E-state index in [0.29, 0.717) is 11.1 Å². The number of nitrogens with zero attached hydrogens (tertiary/aromatic N) is 1. The average molecular weight is 294 g/mol. The van der Waals surface area contributed by atoms with Crippen LogP contribution in [0.1, 0.15) is 15.9 Å². The highest BCUT2D eigenvalue weighted by Crippen LogP contribution is 2.11. The second-order valence-corrected chi connectivity index (χ2v) is 4.91. The van der Waals surface area contributed by atoms with Gasteiger partial charge in [0, 0.05) is 35.8 Å². The highest BCUT2D eigenvalue weighted by Gasteiger charge is 2.07. The van der Waals surface area contributed by atoms with E-state index in [0.717, 1.165) is 5.69 Å². The lowest BCUT2D eigenvalue weighted by molar-refractivity contribution is 0.0950. The molecule has 0 spiro atoms. The van der Waals surface area contributed by atoms with Crippen LogP contribution in [0.5, 0.6) is 0 Å². The van der Waals surface area contributed by atoms with E-state index in [-0.39, 0.29) is 18.3 Å². The number of nitrogens with one attached hydrogen (secondary N) is 1. The van der Waals surface area contributed by atoms with Crippen molar-refractivity contribution in [2.75, 3.05) is 0 Å². The van der Waals surface area contributed by atoms with Gasteiger partial charge in [0.2, 0.25) is 0 Å². The maximum atomic E-state index is 13.5. The molecular weight excluding hydrogens is 279 g/mol. The molecule has 3 rings (SSSR count). The fourth-order valence-corrected chi connectivity index (χ4v) is 2.21. The Kier molecular flexibility index (Phi) is 4.01. The van der Waals surface area contributed by atoms with Gasteiger partial charge >= 0.3 is 0 Å². The van der Waals surface area contributed by atoms with Crippen LogP contribution >= 0.6 is 0 Å². The van der Waals surface area contributed by atoms with E-state index in [1.54, 1.807) is 30.3 Å². The number of carbonyl (C=O) groups excluding carboxylic acids is 1. The minimum Gasteiger partial charge on any atom is -0.348 e. The Bertz CT molecular complexity index is 764. The quantitative estimate of drug-likeness (QED) is 0.784. The van der Waals surface area contributed by atoms with E-state index in [1.807, 2.05) is 41.2 Å². The van der Waals surface area contributed by atoms with Gasteiger partial charge in [0.25, 0.3) is 5.91 Å². The highest BCUT2D eigenvalue weighted by molar-refractivity contribution is 5.94. The Labute approximate surface area is 128 Å². The van der Waals surface area contributed by atoms with Gasteiger partial charge in [0.15, 0.2) is 0 Å². The summed E-state index contributed by atoms with van der Waals surface area (Å²) in [5.74, 6) is -0.534. The first-order chi connectivity index (χ1) is 10.7. The summed E-state index contributed by atoms with van der Waals surface area (Å²) in [7, 11) is 0. The Balaban J connectivity index is 1.67. The topological polar surface area (TPSA) is 34.0 Å². The molecule has 0 radical (unpaired) electrons. The minimum absolute atomic E-state index is 0.171. The van der Waals surface area contributed by atoms with Crippen LogP contribution in [0.3, 0.4) is 0 Å². The molecule has 1 N–H and O–H groups in total. The molecule has 0 aliphatic heterocycles. The molecule has 0 bridgehead atoms. The molecule has 110 valence electrons. The summed E-state index contributed by atoms with van der Waals surface area (Å²) in [6, 6.07) is 17.5. The van der Waals surface area contributed by atoms with Gasteiger partial charge in [-0.15, -0.1) is 0 Å². The zero-order valence-electron chi connectivity index (χ0n) is 11.9. The second-order valence-electron chi connectivity index (χ2n) is 4.91. The van der Waals surface area contributed by atoms with E-state index < -0.39 is 0 Å². The molecule has 3 nitrogen and oxygen atoms in total. The summed E-state index contributed by atoms with van der Waals surface area (Å²) in [6.07, 6.45) is 3.88.